The molecule has 1 saturated heterocycles. The zero-order valence-electron chi connectivity index (χ0n) is 26.3. The Morgan fingerprint density at radius 3 is 2.57 bits per heavy atom. The number of nitrogens with zero attached hydrogens (tertiary/aromatic N) is 6. The fourth-order valence-corrected chi connectivity index (χ4v) is 7.22. The molecule has 0 radical (unpaired) electrons. The van der Waals surface area contributed by atoms with Crippen molar-refractivity contribution in [1.29, 1.82) is 0 Å². The zero-order chi connectivity index (χ0) is 33.2. The smallest absolute Gasteiger partial charge is 0.354 e. The van der Waals surface area contributed by atoms with Crippen LogP contribution in [0.15, 0.2) is 47.9 Å². The molecule has 0 spiro atoms. The van der Waals surface area contributed by atoms with Gasteiger partial charge in [-0.25, -0.2) is 13.6 Å². The molecule has 1 N–H and O–H groups in total. The summed E-state index contributed by atoms with van der Waals surface area (Å²) in [5, 5.41) is 10.9. The average molecular weight is 649 g/mol. The summed E-state index contributed by atoms with van der Waals surface area (Å²) in [6.07, 6.45) is 3.37. The Hall–Kier alpha value is -4.51. The van der Waals surface area contributed by atoms with Crippen molar-refractivity contribution in [2.45, 2.75) is 52.1 Å². The van der Waals surface area contributed by atoms with Gasteiger partial charge in [0.15, 0.2) is 11.6 Å². The number of phenolic OH excluding ortho intramolecular Hbond substituents is 1. The first-order valence-corrected chi connectivity index (χ1v) is 15.6. The summed E-state index contributed by atoms with van der Waals surface area (Å²) in [6.45, 7) is 12.1. The van der Waals surface area contributed by atoms with E-state index in [0.29, 0.717) is 43.0 Å². The summed E-state index contributed by atoms with van der Waals surface area (Å²) in [4.78, 5) is 41.4. The standard InChI is InChI=1S/C34H35ClF2N6O3/c1-7-23(45)41-15-19(5)42-20(16-41)12-14-40(6)31-26-32(28(37)25(27(31)36)24-21(35)9-8-10-22(24)44)43(34(46)39-33(26)42)30-18(4)11-13-38-29(30)17(2)3/h7-11,13,17,19-20,44H,1,12,14-16H2,2-6H3. The number of carbonyl (C=O) groups is 1. The highest BCUT2D eigenvalue weighted by Gasteiger charge is 2.40. The van der Waals surface area contributed by atoms with Gasteiger partial charge in [-0.15, -0.1) is 0 Å². The van der Waals surface area contributed by atoms with E-state index in [0.717, 1.165) is 0 Å². The van der Waals surface area contributed by atoms with E-state index >= 15 is 8.78 Å². The van der Waals surface area contributed by atoms with Crippen LogP contribution in [0.1, 0.15) is 44.4 Å². The highest BCUT2D eigenvalue weighted by molar-refractivity contribution is 6.33. The molecule has 0 bridgehead atoms. The quantitative estimate of drug-likeness (QED) is 0.274. The number of fused-ring (bicyclic) bond motifs is 2. The highest BCUT2D eigenvalue weighted by Crippen LogP contribution is 2.48. The molecule has 1 fully saturated rings. The number of anilines is 2. The number of phenols is 1. The van der Waals surface area contributed by atoms with Crippen molar-refractivity contribution in [2.75, 3.05) is 36.5 Å². The lowest BCUT2D eigenvalue weighted by molar-refractivity contribution is -0.127. The van der Waals surface area contributed by atoms with E-state index in [-0.39, 0.29) is 56.9 Å². The van der Waals surface area contributed by atoms with Gasteiger partial charge in [0.05, 0.1) is 39.1 Å². The molecule has 1 amide bonds. The van der Waals surface area contributed by atoms with Gasteiger partial charge in [0.2, 0.25) is 5.91 Å². The Bertz CT molecular complexity index is 1960. The van der Waals surface area contributed by atoms with Crippen LogP contribution in [0.5, 0.6) is 5.75 Å². The van der Waals surface area contributed by atoms with E-state index in [1.165, 1.54) is 28.8 Å². The summed E-state index contributed by atoms with van der Waals surface area (Å²) in [5.41, 5.74) is -0.205. The van der Waals surface area contributed by atoms with Gasteiger partial charge >= 0.3 is 5.69 Å². The number of benzene rings is 2. The van der Waals surface area contributed by atoms with E-state index in [9.17, 15) is 14.7 Å². The molecule has 240 valence electrons. The van der Waals surface area contributed by atoms with Crippen LogP contribution < -0.4 is 15.5 Å². The van der Waals surface area contributed by atoms with Gasteiger partial charge in [-0.3, -0.25) is 14.3 Å². The minimum atomic E-state index is -1.07. The maximum atomic E-state index is 17.5. The summed E-state index contributed by atoms with van der Waals surface area (Å²) < 4.78 is 35.7. The van der Waals surface area contributed by atoms with Crippen molar-refractivity contribution in [3.63, 3.8) is 0 Å². The number of carbonyl (C=O) groups excluding carboxylic acids is 1. The van der Waals surface area contributed by atoms with Crippen LogP contribution in [0.4, 0.5) is 20.3 Å². The minimum absolute atomic E-state index is 0.0184. The van der Waals surface area contributed by atoms with Gasteiger partial charge in [0.1, 0.15) is 17.1 Å². The van der Waals surface area contributed by atoms with Gasteiger partial charge in [-0.1, -0.05) is 38.1 Å². The molecule has 46 heavy (non-hydrogen) atoms. The SMILES string of the molecule is C=CC(=O)N1CC(C)N2c3nc(=O)n(-c4c(C)ccnc4C(C)C)c4c(F)c(-c5c(O)cccc5Cl)c(F)c(c34)N(C)CCC2C1. The third kappa shape index (κ3) is 4.79. The maximum Gasteiger partial charge on any atom is 0.354 e. The van der Waals surface area contributed by atoms with E-state index < -0.39 is 28.6 Å². The number of aromatic hydroxyl groups is 1. The van der Waals surface area contributed by atoms with Crippen molar-refractivity contribution >= 4 is 39.9 Å². The van der Waals surface area contributed by atoms with Crippen molar-refractivity contribution in [1.82, 2.24) is 19.4 Å². The molecule has 2 aromatic carbocycles. The number of amides is 1. The summed E-state index contributed by atoms with van der Waals surface area (Å²) in [7, 11) is 1.69. The van der Waals surface area contributed by atoms with Crippen LogP contribution in [0.2, 0.25) is 5.02 Å². The van der Waals surface area contributed by atoms with Gasteiger partial charge < -0.3 is 19.8 Å². The van der Waals surface area contributed by atoms with Crippen molar-refractivity contribution < 1.29 is 18.7 Å². The Kier molecular flexibility index (Phi) is 8.00. The largest absolute Gasteiger partial charge is 0.507 e. The first-order valence-electron chi connectivity index (χ1n) is 15.2. The highest BCUT2D eigenvalue weighted by atomic mass is 35.5. The molecule has 2 aliphatic heterocycles. The summed E-state index contributed by atoms with van der Waals surface area (Å²) in [5.74, 6) is -2.68. The van der Waals surface area contributed by atoms with Crippen LogP contribution in [0, 0.1) is 18.6 Å². The van der Waals surface area contributed by atoms with E-state index in [2.05, 4.69) is 16.5 Å². The molecule has 2 unspecified atom stereocenters. The van der Waals surface area contributed by atoms with Gasteiger partial charge in [0.25, 0.3) is 0 Å². The number of rotatable bonds is 4. The molecule has 4 heterocycles. The number of aromatic nitrogens is 3. The number of halogens is 3. The molecular formula is C34H35ClF2N6O3. The fraction of sp³-hybridized carbons (Fsp3) is 0.353. The molecule has 2 aromatic heterocycles. The van der Waals surface area contributed by atoms with Gasteiger partial charge in [-0.2, -0.15) is 4.98 Å². The predicted octanol–water partition coefficient (Wildman–Crippen LogP) is 5.95. The molecule has 4 aromatic rings. The molecule has 0 aliphatic carbocycles. The number of hydrogen-bond acceptors (Lipinski definition) is 7. The first-order chi connectivity index (χ1) is 21.9. The van der Waals surface area contributed by atoms with E-state index in [1.54, 1.807) is 36.0 Å². The third-order valence-electron chi connectivity index (χ3n) is 9.03. The van der Waals surface area contributed by atoms with Crippen LogP contribution in [-0.4, -0.2) is 69.2 Å². The lowest BCUT2D eigenvalue weighted by Crippen LogP contribution is -2.60. The lowest BCUT2D eigenvalue weighted by atomic mass is 9.95. The molecule has 12 heteroatoms. The summed E-state index contributed by atoms with van der Waals surface area (Å²) >= 11 is 6.49. The minimum Gasteiger partial charge on any atom is -0.507 e. The predicted molar refractivity (Wildman–Crippen MR) is 176 cm³/mol. The van der Waals surface area contributed by atoms with Crippen LogP contribution in [0.3, 0.4) is 0 Å². The second-order valence-corrected chi connectivity index (χ2v) is 12.8. The Labute approximate surface area is 270 Å². The molecule has 2 aliphatic rings. The van der Waals surface area contributed by atoms with Crippen molar-refractivity contribution in [3.8, 4) is 22.6 Å². The Morgan fingerprint density at radius 2 is 1.89 bits per heavy atom. The molecule has 9 nitrogen and oxygen atoms in total. The number of hydrogen-bond donors (Lipinski definition) is 1. The van der Waals surface area contributed by atoms with Crippen molar-refractivity contribution in [3.05, 3.63) is 81.5 Å². The second kappa shape index (κ2) is 11.7. The Morgan fingerprint density at radius 1 is 1.15 bits per heavy atom. The van der Waals surface area contributed by atoms with Crippen LogP contribution >= 0.6 is 11.6 Å². The third-order valence-corrected chi connectivity index (χ3v) is 9.34. The molecular weight excluding hydrogens is 614 g/mol. The van der Waals surface area contributed by atoms with E-state index in [1.807, 2.05) is 25.7 Å². The summed E-state index contributed by atoms with van der Waals surface area (Å²) in [6, 6.07) is 5.29. The topological polar surface area (TPSA) is 94.8 Å². The molecule has 0 saturated carbocycles. The number of piperazine rings is 1. The lowest BCUT2D eigenvalue weighted by Gasteiger charge is -2.48. The average Bonchev–Trinajstić information content (AvgIpc) is 3.00. The second-order valence-electron chi connectivity index (χ2n) is 12.3. The van der Waals surface area contributed by atoms with Crippen LogP contribution in [-0.2, 0) is 4.79 Å². The molecule has 2 atom stereocenters. The van der Waals surface area contributed by atoms with Crippen molar-refractivity contribution in [2.24, 2.45) is 0 Å². The normalized spacial score (nSPS) is 18.1. The number of aryl methyl sites for hydroxylation is 1. The molecule has 6 rings (SSSR count). The fourth-order valence-electron chi connectivity index (χ4n) is 6.96. The monoisotopic (exact) mass is 648 g/mol. The number of pyridine rings is 1. The maximum absolute atomic E-state index is 17.5. The van der Waals surface area contributed by atoms with Crippen LogP contribution in [0.25, 0.3) is 27.7 Å². The zero-order valence-corrected chi connectivity index (χ0v) is 27.1. The Balaban J connectivity index is 1.82. The van der Waals surface area contributed by atoms with Gasteiger partial charge in [-0.05, 0) is 56.0 Å². The van der Waals surface area contributed by atoms with Gasteiger partial charge in [0, 0.05) is 44.5 Å². The first kappa shape index (κ1) is 31.5. The van der Waals surface area contributed by atoms with E-state index in [4.69, 9.17) is 11.6 Å².